The molecule has 5 rings (SSSR count). The van der Waals surface area contributed by atoms with Crippen molar-refractivity contribution in [2.24, 2.45) is 0 Å². The summed E-state index contributed by atoms with van der Waals surface area (Å²) in [5.41, 5.74) is 4.86. The molecule has 36 heavy (non-hydrogen) atoms. The molecule has 1 fully saturated rings. The number of carbonyl (C=O) groups is 1. The van der Waals surface area contributed by atoms with E-state index >= 15 is 0 Å². The van der Waals surface area contributed by atoms with E-state index in [-0.39, 0.29) is 12.1 Å². The minimum absolute atomic E-state index is 0.0651. The molecule has 0 bridgehead atoms. The second-order valence-electron chi connectivity index (χ2n) is 9.94. The molecule has 8 heteroatoms. The Morgan fingerprint density at radius 1 is 1.19 bits per heavy atom. The zero-order valence-corrected chi connectivity index (χ0v) is 21.4. The summed E-state index contributed by atoms with van der Waals surface area (Å²) in [6.07, 6.45) is 6.71. The third-order valence-corrected chi connectivity index (χ3v) is 6.39. The quantitative estimate of drug-likeness (QED) is 0.326. The Labute approximate surface area is 215 Å². The van der Waals surface area contributed by atoms with E-state index in [0.717, 1.165) is 46.3 Å². The van der Waals surface area contributed by atoms with Crippen LogP contribution in [0, 0.1) is 0 Å². The molecule has 186 valence electrons. The van der Waals surface area contributed by atoms with Crippen LogP contribution in [0.3, 0.4) is 0 Å². The van der Waals surface area contributed by atoms with Crippen LogP contribution >= 0.6 is 11.6 Å². The van der Waals surface area contributed by atoms with Crippen molar-refractivity contribution in [2.75, 3.05) is 13.2 Å². The van der Waals surface area contributed by atoms with Crippen LogP contribution in [0.4, 0.5) is 4.79 Å². The molecule has 1 atom stereocenters. The highest BCUT2D eigenvalue weighted by Crippen LogP contribution is 2.41. The molecule has 1 aromatic carbocycles. The number of pyridine rings is 2. The average Bonchev–Trinajstić information content (AvgIpc) is 3.46. The molecular formula is C28H29ClN4O3. The lowest BCUT2D eigenvalue weighted by Gasteiger charge is -2.28. The lowest BCUT2D eigenvalue weighted by molar-refractivity contribution is 0.0187. The summed E-state index contributed by atoms with van der Waals surface area (Å²) in [5.74, 6) is 0.628. The Morgan fingerprint density at radius 2 is 2.06 bits per heavy atom. The van der Waals surface area contributed by atoms with Gasteiger partial charge in [0, 0.05) is 35.1 Å². The van der Waals surface area contributed by atoms with Gasteiger partial charge < -0.3 is 19.4 Å². The minimum Gasteiger partial charge on any atom is -0.489 e. The molecule has 1 N–H and O–H groups in total. The van der Waals surface area contributed by atoms with Crippen LogP contribution in [0.5, 0.6) is 5.75 Å². The highest BCUT2D eigenvalue weighted by molar-refractivity contribution is 6.31. The fraction of sp³-hybridized carbons (Fsp3) is 0.321. The standard InChI is InChI=1S/C28H29ClN4O3/c1-28(2,3)36-27(34)33-14-6-9-20(33)17-35-23-16-30-13-11-21(23)25-24(18-7-4-8-19(29)15-18)26-22(32-25)10-5-12-31-26/h4-5,7-8,10-13,15-16,20,32H,6,9,14,17H2,1-3H3/t20-/m0/s1. The summed E-state index contributed by atoms with van der Waals surface area (Å²) in [6.45, 7) is 6.64. The van der Waals surface area contributed by atoms with Crippen LogP contribution in [0.2, 0.25) is 5.02 Å². The third-order valence-electron chi connectivity index (χ3n) is 6.16. The first-order chi connectivity index (χ1) is 17.3. The third kappa shape index (κ3) is 5.02. The summed E-state index contributed by atoms with van der Waals surface area (Å²) in [6, 6.07) is 13.5. The van der Waals surface area contributed by atoms with Gasteiger partial charge in [0.25, 0.3) is 0 Å². The zero-order chi connectivity index (χ0) is 25.3. The predicted molar refractivity (Wildman–Crippen MR) is 141 cm³/mol. The number of nitrogens with one attached hydrogen (secondary N) is 1. The van der Waals surface area contributed by atoms with Gasteiger partial charge in [-0.15, -0.1) is 0 Å². The average molecular weight is 505 g/mol. The van der Waals surface area contributed by atoms with Crippen molar-refractivity contribution in [3.8, 4) is 28.1 Å². The van der Waals surface area contributed by atoms with Gasteiger partial charge in [-0.3, -0.25) is 9.97 Å². The maximum absolute atomic E-state index is 12.7. The number of halogens is 1. The van der Waals surface area contributed by atoms with Crippen molar-refractivity contribution in [1.29, 1.82) is 0 Å². The molecule has 1 saturated heterocycles. The van der Waals surface area contributed by atoms with E-state index in [1.54, 1.807) is 23.5 Å². The number of aromatic nitrogens is 3. The molecule has 0 aliphatic carbocycles. The molecule has 0 spiro atoms. The number of likely N-dealkylation sites (tertiary alicyclic amines) is 1. The normalized spacial score (nSPS) is 15.9. The SMILES string of the molecule is CC(C)(C)OC(=O)N1CCC[C@H]1COc1cnccc1-c1[nH]c2cccnc2c1-c1cccc(Cl)c1. The van der Waals surface area contributed by atoms with E-state index in [0.29, 0.717) is 23.9 Å². The first kappa shape index (κ1) is 24.1. The number of nitrogens with zero attached hydrogens (tertiary/aromatic N) is 3. The second-order valence-corrected chi connectivity index (χ2v) is 10.4. The molecule has 4 aromatic rings. The molecule has 0 radical (unpaired) electrons. The number of hydrogen-bond donors (Lipinski definition) is 1. The van der Waals surface area contributed by atoms with Gasteiger partial charge in [0.1, 0.15) is 18.0 Å². The van der Waals surface area contributed by atoms with Crippen molar-refractivity contribution < 1.29 is 14.3 Å². The lowest BCUT2D eigenvalue weighted by Crippen LogP contribution is -2.42. The predicted octanol–water partition coefficient (Wildman–Crippen LogP) is 6.72. The molecule has 4 heterocycles. The Morgan fingerprint density at radius 3 is 2.86 bits per heavy atom. The van der Waals surface area contributed by atoms with E-state index in [2.05, 4.69) is 15.0 Å². The zero-order valence-electron chi connectivity index (χ0n) is 20.6. The van der Waals surface area contributed by atoms with Crippen LogP contribution in [0.15, 0.2) is 61.1 Å². The summed E-state index contributed by atoms with van der Waals surface area (Å²) in [7, 11) is 0. The fourth-order valence-corrected chi connectivity index (χ4v) is 4.80. The summed E-state index contributed by atoms with van der Waals surface area (Å²) >= 11 is 6.34. The molecular weight excluding hydrogens is 476 g/mol. The highest BCUT2D eigenvalue weighted by Gasteiger charge is 2.33. The van der Waals surface area contributed by atoms with E-state index in [9.17, 15) is 4.79 Å². The number of H-pyrrole nitrogens is 1. The Bertz CT molecular complexity index is 1400. The number of aromatic amines is 1. The van der Waals surface area contributed by atoms with Crippen molar-refractivity contribution >= 4 is 28.7 Å². The Hall–Kier alpha value is -3.58. The maximum atomic E-state index is 12.7. The lowest BCUT2D eigenvalue weighted by atomic mass is 10.0. The van der Waals surface area contributed by atoms with Crippen LogP contribution in [0.25, 0.3) is 33.4 Å². The van der Waals surface area contributed by atoms with Gasteiger partial charge in [0.15, 0.2) is 0 Å². The smallest absolute Gasteiger partial charge is 0.410 e. The van der Waals surface area contributed by atoms with Crippen molar-refractivity contribution in [3.63, 3.8) is 0 Å². The fourth-order valence-electron chi connectivity index (χ4n) is 4.61. The van der Waals surface area contributed by atoms with Crippen LogP contribution in [0.1, 0.15) is 33.6 Å². The van der Waals surface area contributed by atoms with Crippen molar-refractivity contribution in [2.45, 2.75) is 45.3 Å². The first-order valence-corrected chi connectivity index (χ1v) is 12.5. The van der Waals surface area contributed by atoms with Gasteiger partial charge in [-0.1, -0.05) is 23.7 Å². The maximum Gasteiger partial charge on any atom is 0.410 e. The number of hydrogen-bond acceptors (Lipinski definition) is 5. The first-order valence-electron chi connectivity index (χ1n) is 12.1. The van der Waals surface area contributed by atoms with Crippen LogP contribution in [-0.2, 0) is 4.74 Å². The monoisotopic (exact) mass is 504 g/mol. The second kappa shape index (κ2) is 9.82. The molecule has 1 amide bonds. The Balaban J connectivity index is 1.47. The molecule has 7 nitrogen and oxygen atoms in total. The van der Waals surface area contributed by atoms with Crippen molar-refractivity contribution in [1.82, 2.24) is 19.9 Å². The molecule has 1 aliphatic rings. The molecule has 0 saturated carbocycles. The summed E-state index contributed by atoms with van der Waals surface area (Å²) in [5, 5.41) is 0.651. The van der Waals surface area contributed by atoms with Crippen LogP contribution < -0.4 is 4.74 Å². The molecule has 1 aliphatic heterocycles. The van der Waals surface area contributed by atoms with Gasteiger partial charge >= 0.3 is 6.09 Å². The molecule has 3 aromatic heterocycles. The number of fused-ring (bicyclic) bond motifs is 1. The Kier molecular flexibility index (Phi) is 6.58. The van der Waals surface area contributed by atoms with Gasteiger partial charge in [-0.2, -0.15) is 0 Å². The number of benzene rings is 1. The summed E-state index contributed by atoms with van der Waals surface area (Å²) in [4.78, 5) is 27.0. The number of rotatable bonds is 5. The van der Waals surface area contributed by atoms with E-state index in [4.69, 9.17) is 21.1 Å². The van der Waals surface area contributed by atoms with E-state index < -0.39 is 5.60 Å². The highest BCUT2D eigenvalue weighted by atomic mass is 35.5. The van der Waals surface area contributed by atoms with E-state index in [1.165, 1.54) is 0 Å². The number of ether oxygens (including phenoxy) is 2. The largest absolute Gasteiger partial charge is 0.489 e. The number of amides is 1. The van der Waals surface area contributed by atoms with Gasteiger partial charge in [-0.05, 0) is 69.5 Å². The van der Waals surface area contributed by atoms with Gasteiger partial charge in [-0.25, -0.2) is 4.79 Å². The van der Waals surface area contributed by atoms with Gasteiger partial charge in [0.05, 0.1) is 29.0 Å². The summed E-state index contributed by atoms with van der Waals surface area (Å²) < 4.78 is 11.9. The van der Waals surface area contributed by atoms with Gasteiger partial charge in [0.2, 0.25) is 0 Å². The van der Waals surface area contributed by atoms with E-state index in [1.807, 2.05) is 63.2 Å². The topological polar surface area (TPSA) is 80.3 Å². The number of carbonyl (C=O) groups excluding carboxylic acids is 1. The van der Waals surface area contributed by atoms with Crippen LogP contribution in [-0.4, -0.2) is 50.7 Å². The van der Waals surface area contributed by atoms with Crippen molar-refractivity contribution in [3.05, 3.63) is 66.1 Å². The molecule has 0 unspecified atom stereocenters. The minimum atomic E-state index is -0.540.